The molecule has 0 fully saturated rings. The van der Waals surface area contributed by atoms with Crippen LogP contribution in [0.3, 0.4) is 0 Å². The van der Waals surface area contributed by atoms with Crippen molar-refractivity contribution in [2.24, 2.45) is 0 Å². The molecule has 1 atom stereocenters. The first-order chi connectivity index (χ1) is 8.15. The van der Waals surface area contributed by atoms with Crippen LogP contribution >= 0.6 is 0 Å². The molecular formula is C14H15NO2. The molecule has 17 heavy (non-hydrogen) atoms. The Balaban J connectivity index is 2.61. The van der Waals surface area contributed by atoms with E-state index in [9.17, 15) is 9.59 Å². The number of fused-ring (bicyclic) bond motifs is 1. The second kappa shape index (κ2) is 4.53. The van der Waals surface area contributed by atoms with Gasteiger partial charge in [-0.1, -0.05) is 25.1 Å². The van der Waals surface area contributed by atoms with Crippen molar-refractivity contribution in [3.63, 3.8) is 0 Å². The monoisotopic (exact) mass is 229 g/mol. The maximum Gasteiger partial charge on any atom is 0.259 e. The Kier molecular flexibility index (Phi) is 3.09. The zero-order chi connectivity index (χ0) is 12.4. The van der Waals surface area contributed by atoms with E-state index in [1.54, 1.807) is 19.2 Å². The molecule has 88 valence electrons. The van der Waals surface area contributed by atoms with Gasteiger partial charge < -0.3 is 4.57 Å². The van der Waals surface area contributed by atoms with Crippen molar-refractivity contribution in [1.82, 2.24) is 4.57 Å². The Morgan fingerprint density at radius 2 is 2.00 bits per heavy atom. The van der Waals surface area contributed by atoms with Gasteiger partial charge in [-0.25, -0.2) is 0 Å². The fourth-order valence-electron chi connectivity index (χ4n) is 1.96. The number of ketones is 1. The number of pyridine rings is 1. The van der Waals surface area contributed by atoms with Gasteiger partial charge in [0.2, 0.25) is 0 Å². The number of Topliss-reactive ketones (excluding diaryl/α,β-unsaturated/α-hetero) is 1. The van der Waals surface area contributed by atoms with Crippen LogP contribution < -0.4 is 5.56 Å². The van der Waals surface area contributed by atoms with E-state index in [0.717, 1.165) is 5.39 Å². The summed E-state index contributed by atoms with van der Waals surface area (Å²) >= 11 is 0. The molecule has 0 amide bonds. The molecule has 1 aromatic heterocycles. The summed E-state index contributed by atoms with van der Waals surface area (Å²) in [6.45, 7) is 3.58. The van der Waals surface area contributed by atoms with Crippen molar-refractivity contribution in [2.45, 2.75) is 26.3 Å². The summed E-state index contributed by atoms with van der Waals surface area (Å²) in [5.74, 6) is 0.0716. The number of carbonyl (C=O) groups is 1. The van der Waals surface area contributed by atoms with Crippen molar-refractivity contribution in [1.29, 1.82) is 0 Å². The molecule has 0 spiro atoms. The predicted octanol–water partition coefficient (Wildman–Crippen LogP) is 2.54. The Labute approximate surface area is 99.7 Å². The van der Waals surface area contributed by atoms with Crippen LogP contribution in [-0.2, 0) is 4.79 Å². The second-order valence-corrected chi connectivity index (χ2v) is 4.11. The summed E-state index contributed by atoms with van der Waals surface area (Å²) in [6, 6.07) is 8.89. The maximum absolute atomic E-state index is 12.2. The minimum atomic E-state index is -0.392. The van der Waals surface area contributed by atoms with Gasteiger partial charge in [0.25, 0.3) is 5.56 Å². The molecule has 0 bridgehead atoms. The number of benzene rings is 1. The van der Waals surface area contributed by atoms with Gasteiger partial charge in [0.05, 0.1) is 6.04 Å². The second-order valence-electron chi connectivity index (χ2n) is 4.11. The van der Waals surface area contributed by atoms with Crippen LogP contribution in [0.2, 0.25) is 0 Å². The van der Waals surface area contributed by atoms with Gasteiger partial charge in [0.15, 0.2) is 5.78 Å². The number of nitrogens with zero attached hydrogens (tertiary/aromatic N) is 1. The van der Waals surface area contributed by atoms with E-state index in [1.165, 1.54) is 4.57 Å². The van der Waals surface area contributed by atoms with Crippen LogP contribution in [0, 0.1) is 0 Å². The molecule has 0 aliphatic carbocycles. The Hall–Kier alpha value is -1.90. The molecule has 0 N–H and O–H groups in total. The minimum Gasteiger partial charge on any atom is -0.305 e. The predicted molar refractivity (Wildman–Crippen MR) is 68.2 cm³/mol. The first kappa shape index (κ1) is 11.6. The summed E-state index contributed by atoms with van der Waals surface area (Å²) in [7, 11) is 0. The molecule has 3 nitrogen and oxygen atoms in total. The zero-order valence-electron chi connectivity index (χ0n) is 10.0. The number of carbonyl (C=O) groups excluding carboxylic acids is 1. The lowest BCUT2D eigenvalue weighted by Gasteiger charge is -2.13. The summed E-state index contributed by atoms with van der Waals surface area (Å²) < 4.78 is 1.51. The number of rotatable bonds is 3. The van der Waals surface area contributed by atoms with Crippen molar-refractivity contribution in [3.05, 3.63) is 46.9 Å². The third-order valence-electron chi connectivity index (χ3n) is 3.07. The molecule has 1 aromatic carbocycles. The lowest BCUT2D eigenvalue weighted by Crippen LogP contribution is -2.27. The fourth-order valence-corrected chi connectivity index (χ4v) is 1.96. The van der Waals surface area contributed by atoms with Gasteiger partial charge in [0.1, 0.15) is 0 Å². The third kappa shape index (κ3) is 2.00. The van der Waals surface area contributed by atoms with Gasteiger partial charge in [-0.2, -0.15) is 0 Å². The SMILES string of the molecule is CCC(=O)C(C)n1ccc2ccccc2c1=O. The number of aromatic nitrogens is 1. The van der Waals surface area contributed by atoms with Crippen LogP contribution in [0.1, 0.15) is 26.3 Å². The van der Waals surface area contributed by atoms with Crippen LogP contribution in [-0.4, -0.2) is 10.4 Å². The van der Waals surface area contributed by atoms with Gasteiger partial charge in [-0.05, 0) is 24.4 Å². The molecule has 0 aliphatic heterocycles. The van der Waals surface area contributed by atoms with Crippen molar-refractivity contribution in [2.75, 3.05) is 0 Å². The number of hydrogen-bond donors (Lipinski definition) is 0. The van der Waals surface area contributed by atoms with E-state index >= 15 is 0 Å². The Bertz CT molecular complexity index is 613. The van der Waals surface area contributed by atoms with Crippen LogP contribution in [0.15, 0.2) is 41.3 Å². The van der Waals surface area contributed by atoms with Gasteiger partial charge in [-0.3, -0.25) is 9.59 Å². The van der Waals surface area contributed by atoms with E-state index in [2.05, 4.69) is 0 Å². The first-order valence-electron chi connectivity index (χ1n) is 5.77. The molecule has 1 unspecified atom stereocenters. The number of hydrogen-bond acceptors (Lipinski definition) is 2. The highest BCUT2D eigenvalue weighted by atomic mass is 16.1. The third-order valence-corrected chi connectivity index (χ3v) is 3.07. The Morgan fingerprint density at radius 3 is 2.71 bits per heavy atom. The molecule has 2 aromatic rings. The van der Waals surface area contributed by atoms with Crippen LogP contribution in [0.5, 0.6) is 0 Å². The quantitative estimate of drug-likeness (QED) is 0.811. The average molecular weight is 229 g/mol. The molecule has 3 heteroatoms. The lowest BCUT2D eigenvalue weighted by atomic mass is 10.1. The lowest BCUT2D eigenvalue weighted by molar-refractivity contribution is -0.121. The summed E-state index contributed by atoms with van der Waals surface area (Å²) in [4.78, 5) is 23.8. The fraction of sp³-hybridized carbons (Fsp3) is 0.286. The highest BCUT2D eigenvalue weighted by Gasteiger charge is 2.14. The molecule has 1 heterocycles. The highest BCUT2D eigenvalue weighted by molar-refractivity contribution is 5.84. The minimum absolute atomic E-state index is 0.0716. The molecule has 0 saturated heterocycles. The van der Waals surface area contributed by atoms with Gasteiger partial charge in [-0.15, -0.1) is 0 Å². The zero-order valence-corrected chi connectivity index (χ0v) is 10.0. The van der Waals surface area contributed by atoms with E-state index in [1.807, 2.05) is 31.2 Å². The topological polar surface area (TPSA) is 39.1 Å². The molecular weight excluding hydrogens is 214 g/mol. The molecule has 0 saturated carbocycles. The first-order valence-corrected chi connectivity index (χ1v) is 5.77. The van der Waals surface area contributed by atoms with E-state index in [4.69, 9.17) is 0 Å². The molecule has 0 radical (unpaired) electrons. The van der Waals surface area contributed by atoms with Gasteiger partial charge >= 0.3 is 0 Å². The van der Waals surface area contributed by atoms with Crippen molar-refractivity contribution in [3.8, 4) is 0 Å². The van der Waals surface area contributed by atoms with E-state index < -0.39 is 6.04 Å². The molecule has 2 rings (SSSR count). The maximum atomic E-state index is 12.2. The summed E-state index contributed by atoms with van der Waals surface area (Å²) in [5, 5.41) is 1.57. The van der Waals surface area contributed by atoms with Crippen LogP contribution in [0.4, 0.5) is 0 Å². The molecule has 0 aliphatic rings. The summed E-state index contributed by atoms with van der Waals surface area (Å²) in [5.41, 5.74) is -0.0996. The standard InChI is InChI=1S/C14H15NO2/c1-3-13(16)10(2)15-9-8-11-6-4-5-7-12(11)14(15)17/h4-10H,3H2,1-2H3. The smallest absolute Gasteiger partial charge is 0.259 e. The Morgan fingerprint density at radius 1 is 1.29 bits per heavy atom. The van der Waals surface area contributed by atoms with E-state index in [-0.39, 0.29) is 11.3 Å². The van der Waals surface area contributed by atoms with Gasteiger partial charge in [0, 0.05) is 18.0 Å². The van der Waals surface area contributed by atoms with Crippen molar-refractivity contribution >= 4 is 16.6 Å². The largest absolute Gasteiger partial charge is 0.305 e. The van der Waals surface area contributed by atoms with Crippen molar-refractivity contribution < 1.29 is 4.79 Å². The normalized spacial score (nSPS) is 12.6. The van der Waals surface area contributed by atoms with Crippen LogP contribution in [0.25, 0.3) is 10.8 Å². The van der Waals surface area contributed by atoms with E-state index in [0.29, 0.717) is 11.8 Å². The summed E-state index contributed by atoms with van der Waals surface area (Å²) in [6.07, 6.45) is 2.14. The average Bonchev–Trinajstić information content (AvgIpc) is 2.38. The highest BCUT2D eigenvalue weighted by Crippen LogP contribution is 2.12.